The fourth-order valence-electron chi connectivity index (χ4n) is 1.16. The summed E-state index contributed by atoms with van der Waals surface area (Å²) >= 11 is 0. The molecular weight excluding hydrogens is 162 g/mol. The molecule has 0 unspecified atom stereocenters. The van der Waals surface area contributed by atoms with Crippen LogP contribution in [0.25, 0.3) is 0 Å². The van der Waals surface area contributed by atoms with Gasteiger partial charge in [-0.15, -0.1) is 0 Å². The summed E-state index contributed by atoms with van der Waals surface area (Å²) < 4.78 is 0. The van der Waals surface area contributed by atoms with E-state index in [1.54, 1.807) is 0 Å². The highest BCUT2D eigenvalue weighted by molar-refractivity contribution is 4.71. The molecule has 1 atom stereocenters. The first kappa shape index (κ1) is 12.9. The summed E-state index contributed by atoms with van der Waals surface area (Å²) in [5.41, 5.74) is 0.305. The average molecular weight is 187 g/mol. The maximum Gasteiger partial charge on any atom is 0.0584 e. The summed E-state index contributed by atoms with van der Waals surface area (Å²) in [7, 11) is 0. The van der Waals surface area contributed by atoms with Gasteiger partial charge in [0, 0.05) is 12.6 Å². The molecule has 2 N–H and O–H groups in total. The fraction of sp³-hybridized carbons (Fsp3) is 1.00. The molecule has 0 saturated heterocycles. The topological polar surface area (TPSA) is 32.3 Å². The summed E-state index contributed by atoms with van der Waals surface area (Å²) in [6.07, 6.45) is 3.49. The first-order valence-corrected chi connectivity index (χ1v) is 5.34. The molecule has 80 valence electrons. The molecule has 0 rings (SSSR count). The molecule has 13 heavy (non-hydrogen) atoms. The van der Waals surface area contributed by atoms with Gasteiger partial charge in [0.05, 0.1) is 6.61 Å². The molecule has 2 heteroatoms. The number of nitrogens with one attached hydrogen (secondary N) is 1. The average Bonchev–Trinajstić information content (AvgIpc) is 2.03. The van der Waals surface area contributed by atoms with Crippen molar-refractivity contribution in [3.05, 3.63) is 0 Å². The normalized spacial score (nSPS) is 14.5. The van der Waals surface area contributed by atoms with Crippen LogP contribution in [0.2, 0.25) is 0 Å². The van der Waals surface area contributed by atoms with Gasteiger partial charge in [-0.1, -0.05) is 40.5 Å². The molecular formula is C11H25NO. The summed E-state index contributed by atoms with van der Waals surface area (Å²) in [5.74, 6) is 0. The van der Waals surface area contributed by atoms with Crippen molar-refractivity contribution in [3.63, 3.8) is 0 Å². The molecule has 0 aromatic carbocycles. The summed E-state index contributed by atoms with van der Waals surface area (Å²) in [6, 6.07) is 0.291. The Hall–Kier alpha value is -0.0800. The minimum atomic E-state index is 0.260. The van der Waals surface area contributed by atoms with Gasteiger partial charge < -0.3 is 10.4 Å². The maximum absolute atomic E-state index is 9.09. The first-order chi connectivity index (χ1) is 5.99. The van der Waals surface area contributed by atoms with Crippen molar-refractivity contribution >= 4 is 0 Å². The number of rotatable bonds is 6. The predicted molar refractivity (Wildman–Crippen MR) is 57.9 cm³/mol. The van der Waals surface area contributed by atoms with E-state index < -0.39 is 0 Å². The van der Waals surface area contributed by atoms with Crippen LogP contribution in [0.15, 0.2) is 0 Å². The van der Waals surface area contributed by atoms with Crippen molar-refractivity contribution in [2.24, 2.45) is 5.41 Å². The zero-order valence-corrected chi connectivity index (χ0v) is 9.56. The lowest BCUT2D eigenvalue weighted by Gasteiger charge is -2.23. The number of unbranched alkanes of at least 4 members (excludes halogenated alkanes) is 1. The van der Waals surface area contributed by atoms with Gasteiger partial charge in [0.1, 0.15) is 0 Å². The van der Waals surface area contributed by atoms with E-state index in [0.717, 1.165) is 13.0 Å². The van der Waals surface area contributed by atoms with E-state index in [9.17, 15) is 0 Å². The van der Waals surface area contributed by atoms with Crippen molar-refractivity contribution < 1.29 is 5.11 Å². The highest BCUT2D eigenvalue weighted by Crippen LogP contribution is 2.11. The lowest BCUT2D eigenvalue weighted by molar-refractivity contribution is 0.219. The van der Waals surface area contributed by atoms with E-state index in [2.05, 4.69) is 33.0 Å². The molecule has 0 aliphatic carbocycles. The molecule has 0 aromatic rings. The Morgan fingerprint density at radius 2 is 1.92 bits per heavy atom. The molecule has 0 radical (unpaired) electrons. The van der Waals surface area contributed by atoms with Gasteiger partial charge in [-0.2, -0.15) is 0 Å². The lowest BCUT2D eigenvalue weighted by atomic mass is 9.96. The monoisotopic (exact) mass is 187 g/mol. The summed E-state index contributed by atoms with van der Waals surface area (Å²) in [6.45, 7) is 10.0. The molecule has 0 fully saturated rings. The van der Waals surface area contributed by atoms with E-state index in [-0.39, 0.29) is 6.61 Å². The Balaban J connectivity index is 3.59. The molecule has 0 spiro atoms. The molecule has 0 heterocycles. The lowest BCUT2D eigenvalue weighted by Crippen LogP contribution is -2.38. The van der Waals surface area contributed by atoms with Crippen LogP contribution in [-0.2, 0) is 0 Å². The van der Waals surface area contributed by atoms with E-state index in [4.69, 9.17) is 5.11 Å². The minimum Gasteiger partial charge on any atom is -0.395 e. The standard InChI is InChI=1S/C11H25NO/c1-5-6-7-10(8-13)12-9-11(2,3)4/h10,12-13H,5-9H2,1-4H3/t10-/m0/s1. The van der Waals surface area contributed by atoms with Gasteiger partial charge in [0.25, 0.3) is 0 Å². The van der Waals surface area contributed by atoms with Crippen LogP contribution in [0.4, 0.5) is 0 Å². The van der Waals surface area contributed by atoms with Gasteiger partial charge in [0.15, 0.2) is 0 Å². The molecule has 0 amide bonds. The van der Waals surface area contributed by atoms with Crippen LogP contribution in [0.1, 0.15) is 47.0 Å². The highest BCUT2D eigenvalue weighted by atomic mass is 16.3. The molecule has 0 aliphatic rings. The van der Waals surface area contributed by atoms with Crippen LogP contribution in [0.5, 0.6) is 0 Å². The zero-order chi connectivity index (χ0) is 10.3. The van der Waals surface area contributed by atoms with Crippen LogP contribution in [-0.4, -0.2) is 24.3 Å². The Morgan fingerprint density at radius 3 is 2.31 bits per heavy atom. The molecule has 0 aromatic heterocycles. The second-order valence-electron chi connectivity index (χ2n) is 4.96. The highest BCUT2D eigenvalue weighted by Gasteiger charge is 2.13. The third kappa shape index (κ3) is 8.26. The third-order valence-electron chi connectivity index (χ3n) is 2.05. The molecule has 0 bridgehead atoms. The van der Waals surface area contributed by atoms with Gasteiger partial charge in [-0.25, -0.2) is 0 Å². The smallest absolute Gasteiger partial charge is 0.0584 e. The predicted octanol–water partition coefficient (Wildman–Crippen LogP) is 2.17. The number of aliphatic hydroxyl groups excluding tert-OH is 1. The second-order valence-corrected chi connectivity index (χ2v) is 4.96. The number of hydrogen-bond acceptors (Lipinski definition) is 2. The van der Waals surface area contributed by atoms with Crippen molar-refractivity contribution in [2.75, 3.05) is 13.2 Å². The van der Waals surface area contributed by atoms with Gasteiger partial charge in [-0.05, 0) is 11.8 Å². The first-order valence-electron chi connectivity index (χ1n) is 5.34. The minimum absolute atomic E-state index is 0.260. The van der Waals surface area contributed by atoms with E-state index in [1.807, 2.05) is 0 Å². The van der Waals surface area contributed by atoms with Crippen molar-refractivity contribution in [1.82, 2.24) is 5.32 Å². The van der Waals surface area contributed by atoms with E-state index in [1.165, 1.54) is 12.8 Å². The van der Waals surface area contributed by atoms with Crippen molar-refractivity contribution in [2.45, 2.75) is 53.0 Å². The zero-order valence-electron chi connectivity index (χ0n) is 9.56. The molecule has 0 aliphatic heterocycles. The summed E-state index contributed by atoms with van der Waals surface area (Å²) in [4.78, 5) is 0. The van der Waals surface area contributed by atoms with Crippen molar-refractivity contribution in [3.8, 4) is 0 Å². The van der Waals surface area contributed by atoms with Gasteiger partial charge in [0.2, 0.25) is 0 Å². The van der Waals surface area contributed by atoms with Crippen LogP contribution < -0.4 is 5.32 Å². The maximum atomic E-state index is 9.09. The van der Waals surface area contributed by atoms with Crippen LogP contribution >= 0.6 is 0 Å². The van der Waals surface area contributed by atoms with Crippen molar-refractivity contribution in [1.29, 1.82) is 0 Å². The third-order valence-corrected chi connectivity index (χ3v) is 2.05. The molecule has 0 saturated carbocycles. The molecule has 2 nitrogen and oxygen atoms in total. The Morgan fingerprint density at radius 1 is 1.31 bits per heavy atom. The summed E-state index contributed by atoms with van der Waals surface area (Å²) in [5, 5.41) is 12.5. The second kappa shape index (κ2) is 6.39. The number of aliphatic hydroxyl groups is 1. The van der Waals surface area contributed by atoms with Crippen LogP contribution in [0.3, 0.4) is 0 Å². The fourth-order valence-corrected chi connectivity index (χ4v) is 1.16. The quantitative estimate of drug-likeness (QED) is 0.668. The van der Waals surface area contributed by atoms with Gasteiger partial charge >= 0.3 is 0 Å². The SMILES string of the molecule is CCCC[C@@H](CO)NCC(C)(C)C. The Bertz CT molecular complexity index is 118. The van der Waals surface area contributed by atoms with E-state index in [0.29, 0.717) is 11.5 Å². The largest absolute Gasteiger partial charge is 0.395 e. The van der Waals surface area contributed by atoms with E-state index >= 15 is 0 Å². The Labute approximate surface area is 82.7 Å². The Kier molecular flexibility index (Phi) is 6.35. The van der Waals surface area contributed by atoms with Crippen LogP contribution in [0, 0.1) is 5.41 Å². The number of hydrogen-bond donors (Lipinski definition) is 2. The van der Waals surface area contributed by atoms with Gasteiger partial charge in [-0.3, -0.25) is 0 Å².